The van der Waals surface area contributed by atoms with Crippen LogP contribution in [0.3, 0.4) is 0 Å². The third-order valence-electron chi connectivity index (χ3n) is 6.39. The molecular formula is C29H23ClF3N3O5S. The van der Waals surface area contributed by atoms with Gasteiger partial charge in [-0.3, -0.25) is 0 Å². The first-order chi connectivity index (χ1) is 19.7. The highest BCUT2D eigenvalue weighted by Gasteiger charge is 2.31. The molecule has 0 amide bonds. The molecule has 0 radical (unpaired) electrons. The van der Waals surface area contributed by atoms with E-state index in [1.54, 1.807) is 55.1 Å². The molecule has 0 unspecified atom stereocenters. The molecule has 0 aliphatic heterocycles. The Kier molecular flexibility index (Phi) is 7.64. The van der Waals surface area contributed by atoms with E-state index in [4.69, 9.17) is 16.0 Å². The van der Waals surface area contributed by atoms with Crippen molar-refractivity contribution >= 4 is 21.4 Å². The fraction of sp³-hybridized carbons (Fsp3) is 0.172. The van der Waals surface area contributed by atoms with Crippen molar-refractivity contribution in [2.24, 2.45) is 0 Å². The van der Waals surface area contributed by atoms with Crippen molar-refractivity contribution in [3.05, 3.63) is 89.0 Å². The summed E-state index contributed by atoms with van der Waals surface area (Å²) in [5.74, 6) is 0.215. The zero-order chi connectivity index (χ0) is 30.4. The number of nitrogens with zero attached hydrogens (tertiary/aromatic N) is 3. The van der Waals surface area contributed by atoms with Crippen LogP contribution in [0.25, 0.3) is 39.4 Å². The summed E-state index contributed by atoms with van der Waals surface area (Å²) in [6.07, 6.45) is -2.14. The van der Waals surface area contributed by atoms with Crippen LogP contribution in [0.1, 0.15) is 17.1 Å². The van der Waals surface area contributed by atoms with Gasteiger partial charge in [0.05, 0.1) is 27.9 Å². The minimum atomic E-state index is -4.83. The predicted octanol–water partition coefficient (Wildman–Crippen LogP) is 6.93. The molecule has 5 aromatic rings. The monoisotopic (exact) mass is 617 g/mol. The van der Waals surface area contributed by atoms with Gasteiger partial charge >= 0.3 is 6.36 Å². The fourth-order valence-corrected chi connectivity index (χ4v) is 5.57. The van der Waals surface area contributed by atoms with Crippen molar-refractivity contribution in [2.75, 3.05) is 6.26 Å². The topological polar surface area (TPSA) is 107 Å². The lowest BCUT2D eigenvalue weighted by Crippen LogP contribution is -2.16. The van der Waals surface area contributed by atoms with E-state index in [1.807, 2.05) is 0 Å². The largest absolute Gasteiger partial charge is 0.573 e. The highest BCUT2D eigenvalue weighted by atomic mass is 35.5. The summed E-state index contributed by atoms with van der Waals surface area (Å²) in [6.45, 7) is 2.94. The van der Waals surface area contributed by atoms with Gasteiger partial charge in [0.25, 0.3) is 0 Å². The molecule has 0 saturated heterocycles. The molecule has 2 heterocycles. The van der Waals surface area contributed by atoms with Crippen LogP contribution in [-0.4, -0.2) is 40.9 Å². The molecule has 0 bridgehead atoms. The van der Waals surface area contributed by atoms with Crippen LogP contribution in [0.5, 0.6) is 5.75 Å². The normalized spacial score (nSPS) is 12.1. The maximum absolute atomic E-state index is 12.7. The van der Waals surface area contributed by atoms with Crippen molar-refractivity contribution in [3.8, 4) is 45.1 Å². The van der Waals surface area contributed by atoms with Crippen LogP contribution in [0.4, 0.5) is 13.2 Å². The summed E-state index contributed by atoms with van der Waals surface area (Å²) >= 11 is 6.30. The molecule has 0 aliphatic rings. The SMILES string of the molecule is Cc1nc(-c2ccc(OC(F)(F)F)cc2)c(-c2cc(-c3ccc(CO)c(S(C)(=O)=O)c3)ccc2-n2cc(Cl)c(C)n2)o1. The Morgan fingerprint density at radius 3 is 2.24 bits per heavy atom. The third kappa shape index (κ3) is 6.06. The molecule has 8 nitrogen and oxygen atoms in total. The van der Waals surface area contributed by atoms with Gasteiger partial charge < -0.3 is 14.3 Å². The second-order valence-corrected chi connectivity index (χ2v) is 11.9. The lowest BCUT2D eigenvalue weighted by Gasteiger charge is -2.14. The average molecular weight is 618 g/mol. The Hall–Kier alpha value is -4.13. The highest BCUT2D eigenvalue weighted by Crippen LogP contribution is 2.39. The summed E-state index contributed by atoms with van der Waals surface area (Å²) in [5.41, 5.74) is 3.90. The Morgan fingerprint density at radius 1 is 1.00 bits per heavy atom. The van der Waals surface area contributed by atoms with Gasteiger partial charge in [0.1, 0.15) is 11.4 Å². The molecule has 2 aromatic heterocycles. The van der Waals surface area contributed by atoms with Gasteiger partial charge in [-0.2, -0.15) is 5.10 Å². The summed E-state index contributed by atoms with van der Waals surface area (Å²) in [4.78, 5) is 4.50. The minimum Gasteiger partial charge on any atom is -0.440 e. The number of ether oxygens (including phenoxy) is 1. The number of alkyl halides is 3. The minimum absolute atomic E-state index is 0.0000244. The quantitative estimate of drug-likeness (QED) is 0.211. The number of aliphatic hydroxyl groups is 1. The van der Waals surface area contributed by atoms with Crippen LogP contribution < -0.4 is 4.74 Å². The van der Waals surface area contributed by atoms with Crippen LogP contribution in [0.15, 0.2) is 76.2 Å². The lowest BCUT2D eigenvalue weighted by atomic mass is 9.97. The number of aryl methyl sites for hydroxylation is 2. The molecule has 1 N–H and O–H groups in total. The Balaban J connectivity index is 1.70. The van der Waals surface area contributed by atoms with Crippen molar-refractivity contribution in [1.82, 2.24) is 14.8 Å². The second kappa shape index (κ2) is 10.9. The van der Waals surface area contributed by atoms with Crippen LogP contribution >= 0.6 is 11.6 Å². The number of aromatic nitrogens is 3. The molecule has 0 saturated carbocycles. The first-order valence-corrected chi connectivity index (χ1v) is 14.6. The van der Waals surface area contributed by atoms with E-state index in [-0.39, 0.29) is 16.2 Å². The van der Waals surface area contributed by atoms with E-state index in [0.717, 1.165) is 6.26 Å². The molecular weight excluding hydrogens is 595 g/mol. The van der Waals surface area contributed by atoms with E-state index in [1.165, 1.54) is 30.3 Å². The Labute approximate surface area is 243 Å². The summed E-state index contributed by atoms with van der Waals surface area (Å²) < 4.78 is 74.5. The number of rotatable bonds is 7. The average Bonchev–Trinajstić information content (AvgIpc) is 3.48. The number of aliphatic hydroxyl groups excluding tert-OH is 1. The molecule has 218 valence electrons. The lowest BCUT2D eigenvalue weighted by molar-refractivity contribution is -0.274. The number of hydrogen-bond acceptors (Lipinski definition) is 7. The Bertz CT molecular complexity index is 1880. The van der Waals surface area contributed by atoms with Crippen molar-refractivity contribution in [3.63, 3.8) is 0 Å². The molecule has 5 rings (SSSR count). The fourth-order valence-electron chi connectivity index (χ4n) is 4.49. The van der Waals surface area contributed by atoms with Gasteiger partial charge in [-0.25, -0.2) is 18.1 Å². The second-order valence-electron chi connectivity index (χ2n) is 9.47. The van der Waals surface area contributed by atoms with Crippen molar-refractivity contribution < 1.29 is 35.8 Å². The zero-order valence-electron chi connectivity index (χ0n) is 22.4. The molecule has 13 heteroatoms. The van der Waals surface area contributed by atoms with E-state index < -0.39 is 22.8 Å². The van der Waals surface area contributed by atoms with Crippen LogP contribution in [0, 0.1) is 13.8 Å². The Morgan fingerprint density at radius 2 is 1.64 bits per heavy atom. The number of oxazole rings is 1. The molecule has 42 heavy (non-hydrogen) atoms. The molecule has 0 aliphatic carbocycles. The van der Waals surface area contributed by atoms with E-state index in [9.17, 15) is 26.7 Å². The molecule has 3 aromatic carbocycles. The van der Waals surface area contributed by atoms with Crippen LogP contribution in [0.2, 0.25) is 5.02 Å². The molecule has 0 atom stereocenters. The standard InChI is InChI=1S/C29H23ClF3N3O5S/c1-16-24(30)14-36(35-16)25-11-8-19(20-4-5-21(15-37)26(13-20)42(3,38)39)12-23(25)28-27(34-17(2)40-28)18-6-9-22(10-7-18)41-29(31,32)33/h4-14,37H,15H2,1-3H3. The van der Waals surface area contributed by atoms with Gasteiger partial charge in [-0.05, 0) is 66.1 Å². The summed E-state index contributed by atoms with van der Waals surface area (Å²) in [7, 11) is -3.64. The molecule has 0 spiro atoms. The predicted molar refractivity (Wildman–Crippen MR) is 150 cm³/mol. The smallest absolute Gasteiger partial charge is 0.440 e. The first kappa shape index (κ1) is 29.4. The zero-order valence-corrected chi connectivity index (χ0v) is 24.0. The number of benzene rings is 3. The summed E-state index contributed by atoms with van der Waals surface area (Å²) in [5, 5.41) is 14.6. The van der Waals surface area contributed by atoms with Gasteiger partial charge in [-0.1, -0.05) is 29.8 Å². The van der Waals surface area contributed by atoms with Crippen molar-refractivity contribution in [1.29, 1.82) is 0 Å². The maximum atomic E-state index is 12.7. The molecule has 0 fully saturated rings. The van der Waals surface area contributed by atoms with Crippen LogP contribution in [-0.2, 0) is 16.4 Å². The van der Waals surface area contributed by atoms with E-state index in [0.29, 0.717) is 56.0 Å². The first-order valence-electron chi connectivity index (χ1n) is 12.4. The van der Waals surface area contributed by atoms with Gasteiger partial charge in [0, 0.05) is 30.5 Å². The van der Waals surface area contributed by atoms with Gasteiger partial charge in [0.2, 0.25) is 0 Å². The third-order valence-corrected chi connectivity index (χ3v) is 7.94. The van der Waals surface area contributed by atoms with E-state index >= 15 is 0 Å². The van der Waals surface area contributed by atoms with Gasteiger partial charge in [0.15, 0.2) is 21.5 Å². The maximum Gasteiger partial charge on any atom is 0.573 e. The highest BCUT2D eigenvalue weighted by molar-refractivity contribution is 7.90. The van der Waals surface area contributed by atoms with E-state index in [2.05, 4.69) is 14.8 Å². The number of hydrogen-bond donors (Lipinski definition) is 1. The van der Waals surface area contributed by atoms with Crippen molar-refractivity contribution in [2.45, 2.75) is 31.7 Å². The number of sulfone groups is 1. The summed E-state index contributed by atoms with van der Waals surface area (Å²) in [6, 6.07) is 15.3. The number of halogens is 4. The van der Waals surface area contributed by atoms with Gasteiger partial charge in [-0.15, -0.1) is 13.2 Å².